The summed E-state index contributed by atoms with van der Waals surface area (Å²) in [6.07, 6.45) is 5.79. The predicted molar refractivity (Wildman–Crippen MR) is 41.8 cm³/mol. The third kappa shape index (κ3) is 1.59. The minimum atomic E-state index is 0.0203. The van der Waals surface area contributed by atoms with Crippen molar-refractivity contribution in [1.29, 1.82) is 0 Å². The zero-order valence-electron chi connectivity index (χ0n) is 6.89. The predicted octanol–water partition coefficient (Wildman–Crippen LogP) is 2.40. The number of rotatable bonds is 1. The molecule has 10 heavy (non-hydrogen) atoms. The number of aldehydes is 1. The van der Waals surface area contributed by atoms with Gasteiger partial charge in [0.2, 0.25) is 0 Å². The quantitative estimate of drug-likeness (QED) is 0.511. The first kappa shape index (κ1) is 7.77. The minimum absolute atomic E-state index is 0.0203. The first-order valence-corrected chi connectivity index (χ1v) is 4.13. The molecule has 58 valence electrons. The molecular formula is C9H16O. The molecule has 0 aromatic heterocycles. The highest BCUT2D eigenvalue weighted by Crippen LogP contribution is 2.36. The Hall–Kier alpha value is -0.330. The Morgan fingerprint density at radius 2 is 1.90 bits per heavy atom. The number of hydrogen-bond donors (Lipinski definition) is 0. The lowest BCUT2D eigenvalue weighted by atomic mass is 9.73. The standard InChI is InChI=1S/C9H16O/c1-8-3-5-9(2,7-10)6-4-8/h7-8H,3-6H2,1-2H3. The van der Waals surface area contributed by atoms with Crippen LogP contribution in [0.2, 0.25) is 0 Å². The molecule has 1 nitrogen and oxygen atoms in total. The van der Waals surface area contributed by atoms with E-state index in [1.165, 1.54) is 12.8 Å². The van der Waals surface area contributed by atoms with Crippen LogP contribution in [0, 0.1) is 11.3 Å². The zero-order valence-corrected chi connectivity index (χ0v) is 6.89. The average Bonchev–Trinajstić information content (AvgIpc) is 1.96. The van der Waals surface area contributed by atoms with Crippen molar-refractivity contribution < 1.29 is 4.79 Å². The van der Waals surface area contributed by atoms with Gasteiger partial charge in [-0.2, -0.15) is 0 Å². The van der Waals surface area contributed by atoms with Crippen LogP contribution in [0.25, 0.3) is 0 Å². The van der Waals surface area contributed by atoms with Gasteiger partial charge in [0, 0.05) is 5.41 Å². The van der Waals surface area contributed by atoms with Crippen molar-refractivity contribution in [2.24, 2.45) is 11.3 Å². The number of carbonyl (C=O) groups is 1. The summed E-state index contributed by atoms with van der Waals surface area (Å²) in [4.78, 5) is 10.6. The van der Waals surface area contributed by atoms with Gasteiger partial charge in [-0.3, -0.25) is 0 Å². The second-order valence-corrected chi connectivity index (χ2v) is 3.95. The van der Waals surface area contributed by atoms with Crippen LogP contribution in [-0.2, 0) is 4.79 Å². The van der Waals surface area contributed by atoms with E-state index < -0.39 is 0 Å². The van der Waals surface area contributed by atoms with Gasteiger partial charge in [-0.05, 0) is 31.6 Å². The average molecular weight is 140 g/mol. The van der Waals surface area contributed by atoms with Gasteiger partial charge >= 0.3 is 0 Å². The fourth-order valence-electron chi connectivity index (χ4n) is 1.54. The molecule has 1 saturated carbocycles. The Labute approximate surface area is 62.8 Å². The highest BCUT2D eigenvalue weighted by molar-refractivity contribution is 5.58. The summed E-state index contributed by atoms with van der Waals surface area (Å²) in [5, 5.41) is 0. The Balaban J connectivity index is 2.46. The Morgan fingerprint density at radius 3 is 2.30 bits per heavy atom. The van der Waals surface area contributed by atoms with Gasteiger partial charge in [-0.1, -0.05) is 13.8 Å². The molecule has 1 aliphatic rings. The summed E-state index contributed by atoms with van der Waals surface area (Å²) >= 11 is 0. The van der Waals surface area contributed by atoms with E-state index in [0.29, 0.717) is 0 Å². The van der Waals surface area contributed by atoms with Crippen molar-refractivity contribution >= 4 is 6.29 Å². The van der Waals surface area contributed by atoms with E-state index in [1.54, 1.807) is 0 Å². The van der Waals surface area contributed by atoms with Crippen LogP contribution < -0.4 is 0 Å². The molecule has 0 radical (unpaired) electrons. The van der Waals surface area contributed by atoms with E-state index in [4.69, 9.17) is 0 Å². The molecule has 0 N–H and O–H groups in total. The molecule has 0 bridgehead atoms. The van der Waals surface area contributed by atoms with Crippen molar-refractivity contribution in [1.82, 2.24) is 0 Å². The Kier molecular flexibility index (Phi) is 2.12. The van der Waals surface area contributed by atoms with Crippen molar-refractivity contribution in [3.05, 3.63) is 0 Å². The van der Waals surface area contributed by atoms with Gasteiger partial charge < -0.3 is 4.79 Å². The van der Waals surface area contributed by atoms with Gasteiger partial charge in [0.1, 0.15) is 6.29 Å². The van der Waals surface area contributed by atoms with E-state index in [9.17, 15) is 4.79 Å². The molecule has 0 heterocycles. The van der Waals surface area contributed by atoms with Crippen LogP contribution in [0.5, 0.6) is 0 Å². The van der Waals surface area contributed by atoms with Crippen molar-refractivity contribution in [3.63, 3.8) is 0 Å². The molecule has 0 unspecified atom stereocenters. The van der Waals surface area contributed by atoms with Gasteiger partial charge in [0.15, 0.2) is 0 Å². The van der Waals surface area contributed by atoms with Crippen molar-refractivity contribution in [3.8, 4) is 0 Å². The lowest BCUT2D eigenvalue weighted by Crippen LogP contribution is -2.24. The molecule has 0 aromatic rings. The van der Waals surface area contributed by atoms with E-state index in [1.807, 2.05) is 0 Å². The highest BCUT2D eigenvalue weighted by Gasteiger charge is 2.28. The number of carbonyl (C=O) groups excluding carboxylic acids is 1. The fraction of sp³-hybridized carbons (Fsp3) is 0.889. The van der Waals surface area contributed by atoms with E-state index in [-0.39, 0.29) is 5.41 Å². The molecule has 1 heteroatoms. The second-order valence-electron chi connectivity index (χ2n) is 3.95. The summed E-state index contributed by atoms with van der Waals surface area (Å²) in [6.45, 7) is 4.34. The summed E-state index contributed by atoms with van der Waals surface area (Å²) in [6, 6.07) is 0. The van der Waals surface area contributed by atoms with Crippen LogP contribution in [-0.4, -0.2) is 6.29 Å². The maximum absolute atomic E-state index is 10.6. The molecule has 0 amide bonds. The van der Waals surface area contributed by atoms with Crippen LogP contribution in [0.1, 0.15) is 39.5 Å². The van der Waals surface area contributed by atoms with E-state index in [0.717, 1.165) is 25.0 Å². The monoisotopic (exact) mass is 140 g/mol. The highest BCUT2D eigenvalue weighted by atomic mass is 16.1. The maximum Gasteiger partial charge on any atom is 0.125 e. The van der Waals surface area contributed by atoms with Crippen molar-refractivity contribution in [2.75, 3.05) is 0 Å². The van der Waals surface area contributed by atoms with Gasteiger partial charge in [0.05, 0.1) is 0 Å². The maximum atomic E-state index is 10.6. The zero-order chi connectivity index (χ0) is 7.61. The third-order valence-electron chi connectivity index (χ3n) is 2.70. The third-order valence-corrected chi connectivity index (χ3v) is 2.70. The first-order valence-electron chi connectivity index (χ1n) is 4.13. The summed E-state index contributed by atoms with van der Waals surface area (Å²) in [5.74, 6) is 0.841. The molecule has 0 atom stereocenters. The summed E-state index contributed by atoms with van der Waals surface area (Å²) < 4.78 is 0. The van der Waals surface area contributed by atoms with Crippen molar-refractivity contribution in [2.45, 2.75) is 39.5 Å². The first-order chi connectivity index (χ1) is 4.66. The van der Waals surface area contributed by atoms with Crippen LogP contribution in [0.15, 0.2) is 0 Å². The summed E-state index contributed by atoms with van der Waals surface area (Å²) in [7, 11) is 0. The smallest absolute Gasteiger partial charge is 0.125 e. The van der Waals surface area contributed by atoms with E-state index in [2.05, 4.69) is 13.8 Å². The van der Waals surface area contributed by atoms with E-state index >= 15 is 0 Å². The Bertz CT molecular complexity index is 121. The Morgan fingerprint density at radius 1 is 1.40 bits per heavy atom. The number of hydrogen-bond acceptors (Lipinski definition) is 1. The van der Waals surface area contributed by atoms with Crippen LogP contribution >= 0.6 is 0 Å². The van der Waals surface area contributed by atoms with Crippen LogP contribution in [0.4, 0.5) is 0 Å². The largest absolute Gasteiger partial charge is 0.303 e. The molecule has 0 aliphatic heterocycles. The lowest BCUT2D eigenvalue weighted by molar-refractivity contribution is -0.117. The fourth-order valence-corrected chi connectivity index (χ4v) is 1.54. The second kappa shape index (κ2) is 2.73. The minimum Gasteiger partial charge on any atom is -0.303 e. The molecule has 1 rings (SSSR count). The SMILES string of the molecule is CC1CCC(C)(C=O)CC1. The molecule has 1 fully saturated rings. The molecule has 0 spiro atoms. The summed E-state index contributed by atoms with van der Waals surface area (Å²) in [5.41, 5.74) is 0.0203. The molecule has 0 saturated heterocycles. The van der Waals surface area contributed by atoms with Crippen LogP contribution in [0.3, 0.4) is 0 Å². The topological polar surface area (TPSA) is 17.1 Å². The molecule has 0 aromatic carbocycles. The lowest BCUT2D eigenvalue weighted by Gasteiger charge is -2.31. The van der Waals surface area contributed by atoms with Gasteiger partial charge in [-0.15, -0.1) is 0 Å². The van der Waals surface area contributed by atoms with Gasteiger partial charge in [0.25, 0.3) is 0 Å². The normalized spacial score (nSPS) is 41.2. The molecular weight excluding hydrogens is 124 g/mol. The van der Waals surface area contributed by atoms with Gasteiger partial charge in [-0.25, -0.2) is 0 Å². The molecule has 1 aliphatic carbocycles.